The van der Waals surface area contributed by atoms with Gasteiger partial charge in [0.05, 0.1) is 18.2 Å². The second-order valence-electron chi connectivity index (χ2n) is 3.29. The second kappa shape index (κ2) is 4.09. The van der Waals surface area contributed by atoms with E-state index in [1.165, 1.54) is 18.4 Å². The summed E-state index contributed by atoms with van der Waals surface area (Å²) in [6.07, 6.45) is -0.339. The maximum absolute atomic E-state index is 13.9. The first-order valence-corrected chi connectivity index (χ1v) is 5.46. The average Bonchev–Trinajstić information content (AvgIpc) is 2.66. The molecule has 0 aliphatic rings. The lowest BCUT2D eigenvalue weighted by Crippen LogP contribution is -2.03. The fourth-order valence-corrected chi connectivity index (χ4v) is 2.48. The van der Waals surface area contributed by atoms with Crippen molar-refractivity contribution >= 4 is 27.4 Å². The topological polar surface area (TPSA) is 46.5 Å². The highest BCUT2D eigenvalue weighted by atomic mass is 32.1. The monoisotopic (exact) mass is 240 g/mol. The predicted molar refractivity (Wildman–Crippen MR) is 59.7 cm³/mol. The summed E-state index contributed by atoms with van der Waals surface area (Å²) in [5.74, 6) is -1.51. The molecule has 1 aromatic heterocycles. The minimum absolute atomic E-state index is 0.128. The molecule has 16 heavy (non-hydrogen) atoms. The van der Waals surface area contributed by atoms with Gasteiger partial charge in [-0.05, 0) is 22.9 Å². The number of carboxylic acid groups (broad SMARTS) is 1. The maximum Gasteiger partial charge on any atom is 0.307 e. The molecular weight excluding hydrogens is 231 g/mol. The number of hydrogen-bond acceptors (Lipinski definition) is 3. The number of aliphatic carboxylic acids is 1. The molecule has 0 atom stereocenters. The smallest absolute Gasteiger partial charge is 0.307 e. The van der Waals surface area contributed by atoms with Crippen molar-refractivity contribution in [3.05, 3.63) is 28.9 Å². The van der Waals surface area contributed by atoms with Gasteiger partial charge in [0.15, 0.2) is 11.6 Å². The molecule has 0 saturated carbocycles. The van der Waals surface area contributed by atoms with Crippen LogP contribution in [0.25, 0.3) is 10.1 Å². The van der Waals surface area contributed by atoms with Crippen LogP contribution in [0.4, 0.5) is 4.39 Å². The van der Waals surface area contributed by atoms with E-state index >= 15 is 0 Å². The van der Waals surface area contributed by atoms with Crippen LogP contribution >= 0.6 is 11.3 Å². The molecule has 0 fully saturated rings. The molecule has 0 bridgehead atoms. The molecule has 1 aromatic carbocycles. The van der Waals surface area contributed by atoms with Gasteiger partial charge in [0, 0.05) is 5.56 Å². The summed E-state index contributed by atoms with van der Waals surface area (Å²) in [5.41, 5.74) is 0.148. The summed E-state index contributed by atoms with van der Waals surface area (Å²) in [7, 11) is 1.38. The molecule has 0 radical (unpaired) electrons. The molecular formula is C11H9FO3S. The van der Waals surface area contributed by atoms with Gasteiger partial charge < -0.3 is 9.84 Å². The number of ether oxygens (including phenoxy) is 1. The number of rotatable bonds is 3. The van der Waals surface area contributed by atoms with Crippen LogP contribution in [0.15, 0.2) is 17.5 Å². The van der Waals surface area contributed by atoms with Gasteiger partial charge in [0.2, 0.25) is 0 Å². The Morgan fingerprint density at radius 2 is 2.38 bits per heavy atom. The number of benzene rings is 1. The molecule has 0 unspecified atom stereocenters. The van der Waals surface area contributed by atoms with Crippen LogP contribution < -0.4 is 4.74 Å². The minimum Gasteiger partial charge on any atom is -0.492 e. The lowest BCUT2D eigenvalue weighted by molar-refractivity contribution is -0.136. The Balaban J connectivity index is 2.66. The molecule has 3 nitrogen and oxygen atoms in total. The van der Waals surface area contributed by atoms with Crippen LogP contribution in [0.5, 0.6) is 5.75 Å². The van der Waals surface area contributed by atoms with Crippen molar-refractivity contribution in [2.24, 2.45) is 0 Å². The molecule has 0 spiro atoms. The van der Waals surface area contributed by atoms with Crippen molar-refractivity contribution in [1.82, 2.24) is 0 Å². The molecule has 1 heterocycles. The third-order valence-corrected chi connectivity index (χ3v) is 3.19. The Bertz CT molecular complexity index is 547. The van der Waals surface area contributed by atoms with Gasteiger partial charge >= 0.3 is 5.97 Å². The highest BCUT2D eigenvalue weighted by Crippen LogP contribution is 2.35. The van der Waals surface area contributed by atoms with E-state index in [4.69, 9.17) is 9.84 Å². The van der Waals surface area contributed by atoms with Crippen molar-refractivity contribution in [2.75, 3.05) is 7.11 Å². The van der Waals surface area contributed by atoms with E-state index < -0.39 is 11.8 Å². The number of hydrogen-bond donors (Lipinski definition) is 1. The fourth-order valence-electron chi connectivity index (χ4n) is 1.59. The van der Waals surface area contributed by atoms with E-state index in [2.05, 4.69) is 0 Å². The first-order valence-electron chi connectivity index (χ1n) is 4.58. The Morgan fingerprint density at radius 1 is 1.62 bits per heavy atom. The molecule has 84 valence electrons. The van der Waals surface area contributed by atoms with Gasteiger partial charge in [-0.2, -0.15) is 0 Å². The maximum atomic E-state index is 13.9. The van der Waals surface area contributed by atoms with E-state index in [1.807, 2.05) is 11.4 Å². The normalized spacial score (nSPS) is 10.6. The number of methoxy groups -OCH3 is 1. The summed E-state index contributed by atoms with van der Waals surface area (Å²) in [5, 5.41) is 11.3. The molecule has 0 saturated heterocycles. The summed E-state index contributed by atoms with van der Waals surface area (Å²) < 4.78 is 19.5. The highest BCUT2D eigenvalue weighted by Gasteiger charge is 2.16. The number of carbonyl (C=O) groups is 1. The Hall–Kier alpha value is -1.62. The third-order valence-electron chi connectivity index (χ3n) is 2.26. The van der Waals surface area contributed by atoms with Gasteiger partial charge in [-0.3, -0.25) is 4.79 Å². The van der Waals surface area contributed by atoms with Crippen LogP contribution in [-0.2, 0) is 11.2 Å². The van der Waals surface area contributed by atoms with Crippen molar-refractivity contribution < 1.29 is 19.0 Å². The van der Waals surface area contributed by atoms with E-state index in [-0.39, 0.29) is 17.7 Å². The van der Waals surface area contributed by atoms with Crippen LogP contribution in [0.1, 0.15) is 5.56 Å². The largest absolute Gasteiger partial charge is 0.492 e. The zero-order valence-corrected chi connectivity index (χ0v) is 9.31. The Kier molecular flexibility index (Phi) is 2.78. The Morgan fingerprint density at radius 3 is 3.00 bits per heavy atom. The molecule has 0 amide bonds. The van der Waals surface area contributed by atoms with E-state index in [0.717, 1.165) is 5.39 Å². The second-order valence-corrected chi connectivity index (χ2v) is 4.21. The fraction of sp³-hybridized carbons (Fsp3) is 0.182. The summed E-state index contributed by atoms with van der Waals surface area (Å²) >= 11 is 1.37. The van der Waals surface area contributed by atoms with E-state index in [1.54, 1.807) is 6.07 Å². The predicted octanol–water partition coefficient (Wildman–Crippen LogP) is 2.68. The van der Waals surface area contributed by atoms with Crippen molar-refractivity contribution in [3.8, 4) is 5.75 Å². The molecule has 2 aromatic rings. The van der Waals surface area contributed by atoms with Crippen molar-refractivity contribution in [1.29, 1.82) is 0 Å². The van der Waals surface area contributed by atoms with E-state index in [9.17, 15) is 9.18 Å². The lowest BCUT2D eigenvalue weighted by atomic mass is 10.1. The molecule has 5 heteroatoms. The number of fused-ring (bicyclic) bond motifs is 1. The molecule has 0 aliphatic heterocycles. The summed E-state index contributed by atoms with van der Waals surface area (Å²) in [4.78, 5) is 10.6. The minimum atomic E-state index is -1.06. The van der Waals surface area contributed by atoms with Gasteiger partial charge in [-0.1, -0.05) is 0 Å². The summed E-state index contributed by atoms with van der Waals surface area (Å²) in [6.45, 7) is 0. The highest BCUT2D eigenvalue weighted by molar-refractivity contribution is 7.17. The quantitative estimate of drug-likeness (QED) is 0.897. The zero-order chi connectivity index (χ0) is 11.7. The molecule has 1 N–H and O–H groups in total. The first-order chi connectivity index (χ1) is 7.63. The van der Waals surface area contributed by atoms with Crippen LogP contribution in [0.3, 0.4) is 0 Å². The van der Waals surface area contributed by atoms with Crippen LogP contribution in [-0.4, -0.2) is 18.2 Å². The average molecular weight is 240 g/mol. The van der Waals surface area contributed by atoms with Gasteiger partial charge in [0.25, 0.3) is 0 Å². The summed E-state index contributed by atoms with van der Waals surface area (Å²) in [6, 6.07) is 3.37. The van der Waals surface area contributed by atoms with Crippen LogP contribution in [0.2, 0.25) is 0 Å². The van der Waals surface area contributed by atoms with Gasteiger partial charge in [-0.15, -0.1) is 11.3 Å². The third kappa shape index (κ3) is 1.74. The van der Waals surface area contributed by atoms with E-state index in [0.29, 0.717) is 4.70 Å². The van der Waals surface area contributed by atoms with Crippen LogP contribution in [0, 0.1) is 5.82 Å². The van der Waals surface area contributed by atoms with Crippen molar-refractivity contribution in [2.45, 2.75) is 6.42 Å². The Labute approximate surface area is 95.1 Å². The zero-order valence-electron chi connectivity index (χ0n) is 8.49. The molecule has 0 aliphatic carbocycles. The lowest BCUT2D eigenvalue weighted by Gasteiger charge is -2.07. The van der Waals surface area contributed by atoms with Crippen molar-refractivity contribution in [3.63, 3.8) is 0 Å². The van der Waals surface area contributed by atoms with Gasteiger partial charge in [-0.25, -0.2) is 4.39 Å². The number of halogens is 1. The van der Waals surface area contributed by atoms with Gasteiger partial charge in [0.1, 0.15) is 0 Å². The first kappa shape index (κ1) is 10.9. The SMILES string of the molecule is COc1c(F)c(CC(=O)O)cc2ccsc12. The number of carboxylic acids is 1. The number of thiophene rings is 1. The standard InChI is InChI=1S/C11H9FO3S/c1-15-10-9(12)7(5-8(13)14)4-6-2-3-16-11(6)10/h2-4H,5H2,1H3,(H,13,14). The molecule has 2 rings (SSSR count).